The van der Waals surface area contributed by atoms with Gasteiger partial charge < -0.3 is 9.72 Å². The first kappa shape index (κ1) is 9.45. The van der Waals surface area contributed by atoms with Crippen LogP contribution < -0.4 is 10.4 Å². The van der Waals surface area contributed by atoms with Crippen molar-refractivity contribution < 1.29 is 4.74 Å². The minimum absolute atomic E-state index is 0.353. The molecule has 0 bridgehead atoms. The van der Waals surface area contributed by atoms with Crippen LogP contribution in [0, 0.1) is 0 Å². The Morgan fingerprint density at radius 2 is 2.13 bits per heavy atom. The van der Waals surface area contributed by atoms with Crippen molar-refractivity contribution >= 4 is 0 Å². The van der Waals surface area contributed by atoms with Gasteiger partial charge in [-0.15, -0.1) is 0 Å². The fourth-order valence-corrected chi connectivity index (χ4v) is 1.37. The highest BCUT2D eigenvalue weighted by molar-refractivity contribution is 5.68. The van der Waals surface area contributed by atoms with Gasteiger partial charge in [0.05, 0.1) is 7.11 Å². The van der Waals surface area contributed by atoms with Crippen LogP contribution in [0.4, 0.5) is 0 Å². The molecule has 0 unspecified atom stereocenters. The largest absolute Gasteiger partial charge is 0.496 e. The van der Waals surface area contributed by atoms with Crippen LogP contribution in [0.3, 0.4) is 0 Å². The van der Waals surface area contributed by atoms with E-state index in [1.165, 1.54) is 6.20 Å². The van der Waals surface area contributed by atoms with E-state index in [9.17, 15) is 4.79 Å². The van der Waals surface area contributed by atoms with Gasteiger partial charge in [0.25, 0.3) is 0 Å². The second-order valence-electron chi connectivity index (χ2n) is 3.01. The summed E-state index contributed by atoms with van der Waals surface area (Å²) in [4.78, 5) is 17.0. The molecule has 0 aliphatic heterocycles. The first-order valence-electron chi connectivity index (χ1n) is 4.49. The third kappa shape index (κ3) is 1.88. The number of hydrogen-bond acceptors (Lipinski definition) is 3. The Bertz CT molecular complexity index is 499. The molecule has 0 atom stereocenters. The van der Waals surface area contributed by atoms with Crippen LogP contribution in [0.2, 0.25) is 0 Å². The molecule has 0 amide bonds. The maximum Gasteiger partial charge on any atom is 0.344 e. The fraction of sp³-hybridized carbons (Fsp3) is 0.0909. The molecule has 4 nitrogen and oxygen atoms in total. The van der Waals surface area contributed by atoms with Gasteiger partial charge in [-0.25, -0.2) is 9.78 Å². The Hall–Kier alpha value is -2.10. The van der Waals surface area contributed by atoms with Gasteiger partial charge >= 0.3 is 5.69 Å². The molecule has 15 heavy (non-hydrogen) atoms. The molecule has 0 saturated heterocycles. The summed E-state index contributed by atoms with van der Waals surface area (Å²) in [7, 11) is 1.61. The van der Waals surface area contributed by atoms with Crippen LogP contribution in [-0.4, -0.2) is 17.1 Å². The van der Waals surface area contributed by atoms with Crippen molar-refractivity contribution in [1.29, 1.82) is 0 Å². The molecule has 0 saturated carbocycles. The lowest BCUT2D eigenvalue weighted by Crippen LogP contribution is -2.07. The molecular formula is C11H10N2O2. The van der Waals surface area contributed by atoms with Crippen molar-refractivity contribution in [1.82, 2.24) is 9.97 Å². The standard InChI is InChI=1S/C11H10N2O2/c1-15-10-5-3-2-4-9(10)8-6-12-11(14)13-7-8/h2-7H,1H3,(H,12,13,14). The number of ether oxygens (including phenoxy) is 1. The van der Waals surface area contributed by atoms with Gasteiger partial charge in [0.15, 0.2) is 0 Å². The van der Waals surface area contributed by atoms with Crippen molar-refractivity contribution in [2.24, 2.45) is 0 Å². The zero-order valence-corrected chi connectivity index (χ0v) is 8.23. The van der Waals surface area contributed by atoms with Gasteiger partial charge in [-0.2, -0.15) is 0 Å². The fourth-order valence-electron chi connectivity index (χ4n) is 1.37. The van der Waals surface area contributed by atoms with Crippen LogP contribution in [0.5, 0.6) is 5.75 Å². The van der Waals surface area contributed by atoms with E-state index in [2.05, 4.69) is 9.97 Å². The van der Waals surface area contributed by atoms with Gasteiger partial charge in [-0.05, 0) is 6.07 Å². The summed E-state index contributed by atoms with van der Waals surface area (Å²) in [5.41, 5.74) is 1.38. The van der Waals surface area contributed by atoms with Gasteiger partial charge in [-0.3, -0.25) is 0 Å². The van der Waals surface area contributed by atoms with Crippen LogP contribution in [-0.2, 0) is 0 Å². The van der Waals surface area contributed by atoms with Crippen LogP contribution in [0.15, 0.2) is 41.5 Å². The number of aromatic nitrogens is 2. The number of methoxy groups -OCH3 is 1. The molecule has 0 radical (unpaired) electrons. The number of aromatic amines is 1. The predicted octanol–water partition coefficient (Wildman–Crippen LogP) is 1.45. The number of H-pyrrole nitrogens is 1. The normalized spacial score (nSPS) is 9.93. The Balaban J connectivity index is 2.53. The first-order valence-corrected chi connectivity index (χ1v) is 4.49. The highest BCUT2D eigenvalue weighted by atomic mass is 16.5. The molecule has 1 aromatic carbocycles. The number of benzene rings is 1. The average Bonchev–Trinajstić information content (AvgIpc) is 2.30. The van der Waals surface area contributed by atoms with Crippen molar-refractivity contribution in [3.8, 4) is 16.9 Å². The molecule has 1 heterocycles. The highest BCUT2D eigenvalue weighted by Crippen LogP contribution is 2.27. The number of hydrogen-bond donors (Lipinski definition) is 1. The third-order valence-corrected chi connectivity index (χ3v) is 2.09. The topological polar surface area (TPSA) is 55.0 Å². The second kappa shape index (κ2) is 3.96. The lowest BCUT2D eigenvalue weighted by atomic mass is 10.1. The first-order chi connectivity index (χ1) is 7.31. The van der Waals surface area contributed by atoms with Gasteiger partial charge in [0.2, 0.25) is 0 Å². The van der Waals surface area contributed by atoms with E-state index in [1.807, 2.05) is 24.3 Å². The number of rotatable bonds is 2. The summed E-state index contributed by atoms with van der Waals surface area (Å²) in [5, 5.41) is 0. The van der Waals surface area contributed by atoms with Gasteiger partial charge in [-0.1, -0.05) is 18.2 Å². The van der Waals surface area contributed by atoms with E-state index in [1.54, 1.807) is 13.3 Å². The summed E-state index contributed by atoms with van der Waals surface area (Å²) in [6.07, 6.45) is 3.14. The molecule has 0 fully saturated rings. The lowest BCUT2D eigenvalue weighted by molar-refractivity contribution is 0.416. The number of para-hydroxylation sites is 1. The molecule has 1 N–H and O–H groups in total. The van der Waals surface area contributed by atoms with Crippen LogP contribution >= 0.6 is 0 Å². The molecule has 2 rings (SSSR count). The highest BCUT2D eigenvalue weighted by Gasteiger charge is 2.04. The number of nitrogens with one attached hydrogen (secondary N) is 1. The van der Waals surface area contributed by atoms with Crippen molar-refractivity contribution in [2.75, 3.05) is 7.11 Å². The van der Waals surface area contributed by atoms with Crippen molar-refractivity contribution in [2.45, 2.75) is 0 Å². The smallest absolute Gasteiger partial charge is 0.344 e. The summed E-state index contributed by atoms with van der Waals surface area (Å²) < 4.78 is 5.21. The molecule has 4 heteroatoms. The Kier molecular flexibility index (Phi) is 2.49. The zero-order chi connectivity index (χ0) is 10.7. The summed E-state index contributed by atoms with van der Waals surface area (Å²) >= 11 is 0. The SMILES string of the molecule is COc1ccccc1-c1cnc(=O)[nH]c1. The Morgan fingerprint density at radius 3 is 2.80 bits per heavy atom. The summed E-state index contributed by atoms with van der Waals surface area (Å²) in [6, 6.07) is 7.57. The maximum atomic E-state index is 10.8. The van der Waals surface area contributed by atoms with Crippen molar-refractivity contribution in [3.63, 3.8) is 0 Å². The van der Waals surface area contributed by atoms with Crippen molar-refractivity contribution in [3.05, 3.63) is 47.1 Å². The van der Waals surface area contributed by atoms with E-state index in [-0.39, 0.29) is 5.69 Å². The summed E-state index contributed by atoms with van der Waals surface area (Å²) in [5.74, 6) is 0.756. The van der Waals surface area contributed by atoms with E-state index in [0.717, 1.165) is 16.9 Å². The average molecular weight is 202 g/mol. The third-order valence-electron chi connectivity index (χ3n) is 2.09. The van der Waals surface area contributed by atoms with Gasteiger partial charge in [0, 0.05) is 23.5 Å². The Morgan fingerprint density at radius 1 is 1.33 bits per heavy atom. The predicted molar refractivity (Wildman–Crippen MR) is 56.8 cm³/mol. The summed E-state index contributed by atoms with van der Waals surface area (Å²) in [6.45, 7) is 0. The second-order valence-corrected chi connectivity index (χ2v) is 3.01. The lowest BCUT2D eigenvalue weighted by Gasteiger charge is -2.06. The molecular weight excluding hydrogens is 192 g/mol. The zero-order valence-electron chi connectivity index (χ0n) is 8.23. The molecule has 0 aliphatic carbocycles. The quantitative estimate of drug-likeness (QED) is 0.801. The number of nitrogens with zero attached hydrogens (tertiary/aromatic N) is 1. The van der Waals surface area contributed by atoms with E-state index in [4.69, 9.17) is 4.74 Å². The molecule has 0 aliphatic rings. The Labute approximate surface area is 86.6 Å². The monoisotopic (exact) mass is 202 g/mol. The molecule has 0 spiro atoms. The van der Waals surface area contributed by atoms with Crippen LogP contribution in [0.1, 0.15) is 0 Å². The minimum Gasteiger partial charge on any atom is -0.496 e. The van der Waals surface area contributed by atoms with Gasteiger partial charge in [0.1, 0.15) is 5.75 Å². The maximum absolute atomic E-state index is 10.8. The molecule has 1 aromatic heterocycles. The van der Waals surface area contributed by atoms with E-state index < -0.39 is 0 Å². The van der Waals surface area contributed by atoms with E-state index >= 15 is 0 Å². The van der Waals surface area contributed by atoms with Crippen LogP contribution in [0.25, 0.3) is 11.1 Å². The molecule has 76 valence electrons. The minimum atomic E-state index is -0.353. The van der Waals surface area contributed by atoms with E-state index in [0.29, 0.717) is 0 Å². The molecule has 2 aromatic rings.